The number of aliphatic hydroxyl groups excluding tert-OH is 1. The molecule has 2 unspecified atom stereocenters. The highest BCUT2D eigenvalue weighted by Crippen LogP contribution is 2.21. The molecule has 2 rings (SSSR count). The van der Waals surface area contributed by atoms with Crippen molar-refractivity contribution in [1.82, 2.24) is 4.90 Å². The monoisotopic (exact) mass is 263 g/mol. The van der Waals surface area contributed by atoms with E-state index in [0.717, 1.165) is 12.0 Å². The number of aliphatic hydroxyl groups is 1. The van der Waals surface area contributed by atoms with Gasteiger partial charge in [-0.3, -0.25) is 0 Å². The van der Waals surface area contributed by atoms with Gasteiger partial charge in [0, 0.05) is 12.6 Å². The number of rotatable bonds is 3. The SMILES string of the molecule is CCC1CC(O)CCN1C(=O)OCc1ccccc1. The van der Waals surface area contributed by atoms with Gasteiger partial charge in [-0.2, -0.15) is 0 Å². The van der Waals surface area contributed by atoms with Crippen molar-refractivity contribution >= 4 is 6.09 Å². The van der Waals surface area contributed by atoms with E-state index in [9.17, 15) is 9.90 Å². The second-order valence-corrected chi connectivity index (χ2v) is 4.97. The maximum absolute atomic E-state index is 12.1. The molecule has 1 aliphatic heterocycles. The largest absolute Gasteiger partial charge is 0.445 e. The summed E-state index contributed by atoms with van der Waals surface area (Å²) in [5, 5.41) is 9.64. The summed E-state index contributed by atoms with van der Waals surface area (Å²) in [5.74, 6) is 0. The van der Waals surface area contributed by atoms with Gasteiger partial charge >= 0.3 is 6.09 Å². The third kappa shape index (κ3) is 3.70. The number of carbonyl (C=O) groups excluding carboxylic acids is 1. The van der Waals surface area contributed by atoms with Gasteiger partial charge in [-0.25, -0.2) is 4.79 Å². The summed E-state index contributed by atoms with van der Waals surface area (Å²) < 4.78 is 5.34. The first-order valence-corrected chi connectivity index (χ1v) is 6.86. The van der Waals surface area contributed by atoms with Gasteiger partial charge in [0.25, 0.3) is 0 Å². The molecule has 1 saturated heterocycles. The Labute approximate surface area is 114 Å². The highest BCUT2D eigenvalue weighted by atomic mass is 16.6. The zero-order chi connectivity index (χ0) is 13.7. The van der Waals surface area contributed by atoms with Crippen molar-refractivity contribution < 1.29 is 14.6 Å². The van der Waals surface area contributed by atoms with Crippen LogP contribution in [-0.2, 0) is 11.3 Å². The number of benzene rings is 1. The van der Waals surface area contributed by atoms with Gasteiger partial charge in [0.2, 0.25) is 0 Å². The van der Waals surface area contributed by atoms with Crippen molar-refractivity contribution in [2.75, 3.05) is 6.54 Å². The van der Waals surface area contributed by atoms with Crippen molar-refractivity contribution in [2.45, 2.75) is 44.9 Å². The lowest BCUT2D eigenvalue weighted by Crippen LogP contribution is -2.47. The molecular weight excluding hydrogens is 242 g/mol. The molecule has 0 radical (unpaired) electrons. The molecule has 1 fully saturated rings. The predicted octanol–water partition coefficient (Wildman–Crippen LogP) is 2.56. The van der Waals surface area contributed by atoms with Crippen molar-refractivity contribution in [3.05, 3.63) is 35.9 Å². The molecule has 4 nitrogen and oxygen atoms in total. The maximum atomic E-state index is 12.1. The van der Waals surface area contributed by atoms with Crippen LogP contribution in [0.25, 0.3) is 0 Å². The molecule has 1 aliphatic rings. The highest BCUT2D eigenvalue weighted by molar-refractivity contribution is 5.68. The molecule has 1 aromatic carbocycles. The van der Waals surface area contributed by atoms with Gasteiger partial charge in [0.15, 0.2) is 0 Å². The van der Waals surface area contributed by atoms with E-state index in [1.807, 2.05) is 37.3 Å². The minimum absolute atomic E-state index is 0.0898. The molecule has 1 heterocycles. The molecule has 1 amide bonds. The number of nitrogens with zero attached hydrogens (tertiary/aromatic N) is 1. The number of hydrogen-bond donors (Lipinski definition) is 1. The fourth-order valence-corrected chi connectivity index (χ4v) is 2.46. The number of amides is 1. The first-order chi connectivity index (χ1) is 9.20. The van der Waals surface area contributed by atoms with Gasteiger partial charge in [0.05, 0.1) is 6.10 Å². The molecule has 104 valence electrons. The van der Waals surface area contributed by atoms with Crippen LogP contribution in [0.15, 0.2) is 30.3 Å². The Morgan fingerprint density at radius 2 is 2.16 bits per heavy atom. The van der Waals surface area contributed by atoms with Crippen molar-refractivity contribution in [3.63, 3.8) is 0 Å². The average molecular weight is 263 g/mol. The summed E-state index contributed by atoms with van der Waals surface area (Å²) in [7, 11) is 0. The van der Waals surface area contributed by atoms with E-state index in [2.05, 4.69) is 0 Å². The normalized spacial score (nSPS) is 23.2. The minimum Gasteiger partial charge on any atom is -0.445 e. The number of piperidine rings is 1. The second kappa shape index (κ2) is 6.57. The number of carbonyl (C=O) groups is 1. The minimum atomic E-state index is -0.289. The molecule has 1 N–H and O–H groups in total. The van der Waals surface area contributed by atoms with E-state index in [0.29, 0.717) is 26.0 Å². The molecule has 0 aromatic heterocycles. The van der Waals surface area contributed by atoms with Gasteiger partial charge in [0.1, 0.15) is 6.61 Å². The van der Waals surface area contributed by atoms with Crippen LogP contribution in [0.3, 0.4) is 0 Å². The van der Waals surface area contributed by atoms with Crippen LogP contribution in [0.2, 0.25) is 0 Å². The predicted molar refractivity (Wildman–Crippen MR) is 72.7 cm³/mol. The smallest absolute Gasteiger partial charge is 0.410 e. The van der Waals surface area contributed by atoms with E-state index in [-0.39, 0.29) is 18.2 Å². The van der Waals surface area contributed by atoms with Crippen molar-refractivity contribution in [3.8, 4) is 0 Å². The van der Waals surface area contributed by atoms with Crippen LogP contribution in [0, 0.1) is 0 Å². The Morgan fingerprint density at radius 3 is 2.84 bits per heavy atom. The van der Waals surface area contributed by atoms with E-state index in [4.69, 9.17) is 4.74 Å². The fourth-order valence-electron chi connectivity index (χ4n) is 2.46. The molecule has 0 aliphatic carbocycles. The average Bonchev–Trinajstić information content (AvgIpc) is 2.45. The van der Waals surface area contributed by atoms with Crippen LogP contribution in [-0.4, -0.2) is 34.8 Å². The molecule has 4 heteroatoms. The first-order valence-electron chi connectivity index (χ1n) is 6.86. The van der Waals surface area contributed by atoms with Gasteiger partial charge in [-0.05, 0) is 24.8 Å². The van der Waals surface area contributed by atoms with Crippen LogP contribution < -0.4 is 0 Å². The Balaban J connectivity index is 1.88. The zero-order valence-electron chi connectivity index (χ0n) is 11.3. The Bertz CT molecular complexity index is 407. The molecule has 0 saturated carbocycles. The van der Waals surface area contributed by atoms with Gasteiger partial charge in [-0.1, -0.05) is 37.3 Å². The van der Waals surface area contributed by atoms with E-state index in [1.165, 1.54) is 0 Å². The molecule has 19 heavy (non-hydrogen) atoms. The highest BCUT2D eigenvalue weighted by Gasteiger charge is 2.30. The Hall–Kier alpha value is -1.55. The van der Waals surface area contributed by atoms with Crippen LogP contribution in [0.4, 0.5) is 4.79 Å². The fraction of sp³-hybridized carbons (Fsp3) is 0.533. The zero-order valence-corrected chi connectivity index (χ0v) is 11.3. The summed E-state index contributed by atoms with van der Waals surface area (Å²) >= 11 is 0. The van der Waals surface area contributed by atoms with Gasteiger partial charge < -0.3 is 14.7 Å². The van der Waals surface area contributed by atoms with Crippen molar-refractivity contribution in [2.24, 2.45) is 0 Å². The summed E-state index contributed by atoms with van der Waals surface area (Å²) in [6.45, 7) is 2.91. The Kier molecular flexibility index (Phi) is 4.80. The number of hydrogen-bond acceptors (Lipinski definition) is 3. The first kappa shape index (κ1) is 13.9. The summed E-state index contributed by atoms with van der Waals surface area (Å²) in [6.07, 6.45) is 1.57. The second-order valence-electron chi connectivity index (χ2n) is 4.97. The molecule has 0 bridgehead atoms. The lowest BCUT2D eigenvalue weighted by molar-refractivity contribution is 0.0255. The quantitative estimate of drug-likeness (QED) is 0.911. The topological polar surface area (TPSA) is 49.8 Å². The molecular formula is C15H21NO3. The molecule has 1 aromatic rings. The third-order valence-corrected chi connectivity index (χ3v) is 3.60. The van der Waals surface area contributed by atoms with E-state index >= 15 is 0 Å². The number of likely N-dealkylation sites (tertiary alicyclic amines) is 1. The summed E-state index contributed by atoms with van der Waals surface area (Å²) in [4.78, 5) is 13.8. The lowest BCUT2D eigenvalue weighted by Gasteiger charge is -2.36. The lowest BCUT2D eigenvalue weighted by atomic mass is 9.98. The molecule has 0 spiro atoms. The van der Waals surface area contributed by atoms with Crippen molar-refractivity contribution in [1.29, 1.82) is 0 Å². The Morgan fingerprint density at radius 1 is 1.42 bits per heavy atom. The molecule has 2 atom stereocenters. The number of ether oxygens (including phenoxy) is 1. The van der Waals surface area contributed by atoms with Gasteiger partial charge in [-0.15, -0.1) is 0 Å². The van der Waals surface area contributed by atoms with E-state index < -0.39 is 0 Å². The standard InChI is InChI=1S/C15H21NO3/c1-2-13-10-14(17)8-9-16(13)15(18)19-11-12-6-4-3-5-7-12/h3-7,13-14,17H,2,8-11H2,1H3. The van der Waals surface area contributed by atoms with E-state index in [1.54, 1.807) is 4.90 Å². The van der Waals surface area contributed by atoms with Crippen LogP contribution in [0.1, 0.15) is 31.7 Å². The van der Waals surface area contributed by atoms with Crippen LogP contribution >= 0.6 is 0 Å². The summed E-state index contributed by atoms with van der Waals surface area (Å²) in [6, 6.07) is 9.75. The summed E-state index contributed by atoms with van der Waals surface area (Å²) in [5.41, 5.74) is 0.987. The third-order valence-electron chi connectivity index (χ3n) is 3.60. The van der Waals surface area contributed by atoms with Crippen LogP contribution in [0.5, 0.6) is 0 Å². The maximum Gasteiger partial charge on any atom is 0.410 e.